The van der Waals surface area contributed by atoms with Gasteiger partial charge in [0.15, 0.2) is 12.4 Å². The molecule has 0 atom stereocenters. The number of nitrogens with one attached hydrogen (secondary N) is 1. The minimum absolute atomic E-state index is 0.0314. The molecule has 1 rings (SSSR count). The van der Waals surface area contributed by atoms with Crippen molar-refractivity contribution in [3.05, 3.63) is 23.8 Å². The zero-order valence-corrected chi connectivity index (χ0v) is 12.2. The van der Waals surface area contributed by atoms with E-state index in [2.05, 4.69) is 5.32 Å². The van der Waals surface area contributed by atoms with Gasteiger partial charge in [-0.25, -0.2) is 0 Å². The number of benzene rings is 1. The molecule has 5 heteroatoms. The summed E-state index contributed by atoms with van der Waals surface area (Å²) in [6.45, 7) is 6.19. The number of hydrogen-bond donors (Lipinski definition) is 2. The maximum Gasteiger partial charge on any atom is 0.257 e. The van der Waals surface area contributed by atoms with Gasteiger partial charge < -0.3 is 15.8 Å². The highest BCUT2D eigenvalue weighted by Crippen LogP contribution is 2.23. The maximum absolute atomic E-state index is 11.8. The Kier molecular flexibility index (Phi) is 6.03. The van der Waals surface area contributed by atoms with Crippen LogP contribution in [-0.2, 0) is 4.79 Å². The lowest BCUT2D eigenvalue weighted by atomic mass is 10.0. The molecular formula is C15H22N2O3. The number of carbonyl (C=O) groups excluding carboxylic acids is 2. The fraction of sp³-hybridized carbons (Fsp3) is 0.467. The van der Waals surface area contributed by atoms with E-state index in [0.717, 1.165) is 6.42 Å². The molecule has 0 aliphatic carbocycles. The Labute approximate surface area is 119 Å². The number of ketones is 1. The lowest BCUT2D eigenvalue weighted by molar-refractivity contribution is -0.123. The van der Waals surface area contributed by atoms with Gasteiger partial charge in [0.2, 0.25) is 0 Å². The van der Waals surface area contributed by atoms with Gasteiger partial charge >= 0.3 is 0 Å². The molecule has 0 aromatic heterocycles. The zero-order valence-electron chi connectivity index (χ0n) is 12.2. The Morgan fingerprint density at radius 2 is 2.05 bits per heavy atom. The van der Waals surface area contributed by atoms with E-state index < -0.39 is 0 Å². The van der Waals surface area contributed by atoms with E-state index in [-0.39, 0.29) is 24.2 Å². The Morgan fingerprint density at radius 3 is 2.60 bits per heavy atom. The average Bonchev–Trinajstić information content (AvgIpc) is 2.42. The average molecular weight is 278 g/mol. The number of ether oxygens (including phenoxy) is 1. The third kappa shape index (κ3) is 4.57. The number of anilines is 1. The molecule has 1 amide bonds. The highest BCUT2D eigenvalue weighted by atomic mass is 16.5. The van der Waals surface area contributed by atoms with E-state index in [1.807, 2.05) is 20.8 Å². The van der Waals surface area contributed by atoms with Gasteiger partial charge in [-0.2, -0.15) is 0 Å². The van der Waals surface area contributed by atoms with Crippen LogP contribution in [-0.4, -0.2) is 24.8 Å². The van der Waals surface area contributed by atoms with Crippen molar-refractivity contribution in [2.45, 2.75) is 27.2 Å². The molecule has 0 radical (unpaired) electrons. The first-order valence-corrected chi connectivity index (χ1v) is 6.79. The highest BCUT2D eigenvalue weighted by Gasteiger charge is 2.12. The molecule has 0 saturated heterocycles. The van der Waals surface area contributed by atoms with Gasteiger partial charge in [0.25, 0.3) is 5.91 Å². The summed E-state index contributed by atoms with van der Waals surface area (Å²) in [6.07, 6.45) is 0.875. The van der Waals surface area contributed by atoms with Gasteiger partial charge in [-0.1, -0.05) is 20.8 Å². The van der Waals surface area contributed by atoms with Crippen LogP contribution in [0, 0.1) is 5.92 Å². The molecule has 0 aliphatic heterocycles. The first-order valence-electron chi connectivity index (χ1n) is 6.79. The molecule has 0 unspecified atom stereocenters. The largest absolute Gasteiger partial charge is 0.482 e. The molecule has 0 saturated carbocycles. The van der Waals surface area contributed by atoms with Crippen LogP contribution in [0.4, 0.5) is 5.69 Å². The van der Waals surface area contributed by atoms with Crippen LogP contribution >= 0.6 is 0 Å². The van der Waals surface area contributed by atoms with Crippen molar-refractivity contribution in [3.63, 3.8) is 0 Å². The quantitative estimate of drug-likeness (QED) is 0.590. The standard InChI is InChI=1S/C15H22N2O3/c1-4-7-17-14(18)9-20-13-6-5-11(8-12(13)16)15(19)10(2)3/h5-6,8,10H,4,7,9,16H2,1-3H3,(H,17,18). The molecule has 0 fully saturated rings. The van der Waals surface area contributed by atoms with E-state index in [1.165, 1.54) is 0 Å². The van der Waals surface area contributed by atoms with Crippen molar-refractivity contribution < 1.29 is 14.3 Å². The summed E-state index contributed by atoms with van der Waals surface area (Å²) < 4.78 is 5.34. The fourth-order valence-corrected chi connectivity index (χ4v) is 1.63. The molecule has 1 aromatic carbocycles. The Bertz CT molecular complexity index is 484. The fourth-order valence-electron chi connectivity index (χ4n) is 1.63. The van der Waals surface area contributed by atoms with Crippen molar-refractivity contribution >= 4 is 17.4 Å². The van der Waals surface area contributed by atoms with Crippen molar-refractivity contribution in [3.8, 4) is 5.75 Å². The summed E-state index contributed by atoms with van der Waals surface area (Å²) in [4.78, 5) is 23.3. The maximum atomic E-state index is 11.8. The molecule has 5 nitrogen and oxygen atoms in total. The SMILES string of the molecule is CCCNC(=O)COc1ccc(C(=O)C(C)C)cc1N. The Hall–Kier alpha value is -2.04. The normalized spacial score (nSPS) is 10.4. The van der Waals surface area contributed by atoms with E-state index >= 15 is 0 Å². The third-order valence-electron chi connectivity index (χ3n) is 2.75. The van der Waals surface area contributed by atoms with Crippen LogP contribution in [0.1, 0.15) is 37.6 Å². The van der Waals surface area contributed by atoms with Crippen LogP contribution in [0.25, 0.3) is 0 Å². The predicted octanol–water partition coefficient (Wildman–Crippen LogP) is 2.01. The number of carbonyl (C=O) groups is 2. The molecular weight excluding hydrogens is 256 g/mol. The monoisotopic (exact) mass is 278 g/mol. The van der Waals surface area contributed by atoms with Crippen molar-refractivity contribution in [1.29, 1.82) is 0 Å². The van der Waals surface area contributed by atoms with Gasteiger partial charge in [-0.05, 0) is 24.6 Å². The summed E-state index contributed by atoms with van der Waals surface area (Å²) in [5.41, 5.74) is 6.75. The second-order valence-corrected chi connectivity index (χ2v) is 4.91. The van der Waals surface area contributed by atoms with Crippen LogP contribution < -0.4 is 15.8 Å². The molecule has 0 heterocycles. The zero-order chi connectivity index (χ0) is 15.1. The minimum atomic E-state index is -0.186. The topological polar surface area (TPSA) is 81.4 Å². The third-order valence-corrected chi connectivity index (χ3v) is 2.75. The van der Waals surface area contributed by atoms with E-state index in [1.54, 1.807) is 18.2 Å². The van der Waals surface area contributed by atoms with Gasteiger partial charge in [0.05, 0.1) is 5.69 Å². The number of amides is 1. The predicted molar refractivity (Wildman–Crippen MR) is 78.8 cm³/mol. The molecule has 0 spiro atoms. The number of nitrogens with two attached hydrogens (primary N) is 1. The van der Waals surface area contributed by atoms with Crippen molar-refractivity contribution in [1.82, 2.24) is 5.32 Å². The Balaban J connectivity index is 2.65. The van der Waals surface area contributed by atoms with Crippen LogP contribution in [0.15, 0.2) is 18.2 Å². The second-order valence-electron chi connectivity index (χ2n) is 4.91. The Morgan fingerprint density at radius 1 is 1.35 bits per heavy atom. The van der Waals surface area contributed by atoms with Gasteiger partial charge in [-0.3, -0.25) is 9.59 Å². The lowest BCUT2D eigenvalue weighted by Gasteiger charge is -2.11. The molecule has 3 N–H and O–H groups in total. The van der Waals surface area contributed by atoms with Gasteiger partial charge in [0, 0.05) is 18.0 Å². The molecule has 1 aromatic rings. The summed E-state index contributed by atoms with van der Waals surface area (Å²) in [5.74, 6) is 0.176. The number of rotatable bonds is 7. The summed E-state index contributed by atoms with van der Waals surface area (Å²) in [5, 5.41) is 2.71. The van der Waals surface area contributed by atoms with Crippen molar-refractivity contribution in [2.24, 2.45) is 5.92 Å². The number of nitrogen functional groups attached to an aromatic ring is 1. The lowest BCUT2D eigenvalue weighted by Crippen LogP contribution is -2.29. The van der Waals surface area contributed by atoms with Crippen LogP contribution in [0.5, 0.6) is 5.75 Å². The number of hydrogen-bond acceptors (Lipinski definition) is 4. The first kappa shape index (κ1) is 16.0. The van der Waals surface area contributed by atoms with E-state index in [9.17, 15) is 9.59 Å². The van der Waals surface area contributed by atoms with E-state index in [0.29, 0.717) is 23.5 Å². The molecule has 0 aliphatic rings. The van der Waals surface area contributed by atoms with Crippen LogP contribution in [0.2, 0.25) is 0 Å². The minimum Gasteiger partial charge on any atom is -0.482 e. The summed E-state index contributed by atoms with van der Waals surface area (Å²) >= 11 is 0. The van der Waals surface area contributed by atoms with Gasteiger partial charge in [-0.15, -0.1) is 0 Å². The number of Topliss-reactive ketones (excluding diaryl/α,β-unsaturated/α-hetero) is 1. The summed E-state index contributed by atoms with van der Waals surface area (Å²) in [6, 6.07) is 4.87. The van der Waals surface area contributed by atoms with Crippen molar-refractivity contribution in [2.75, 3.05) is 18.9 Å². The highest BCUT2D eigenvalue weighted by molar-refractivity contribution is 5.98. The second kappa shape index (κ2) is 7.53. The smallest absolute Gasteiger partial charge is 0.257 e. The van der Waals surface area contributed by atoms with Gasteiger partial charge in [0.1, 0.15) is 5.75 Å². The molecule has 110 valence electrons. The summed E-state index contributed by atoms with van der Waals surface area (Å²) in [7, 11) is 0. The van der Waals surface area contributed by atoms with Crippen LogP contribution in [0.3, 0.4) is 0 Å². The molecule has 0 bridgehead atoms. The van der Waals surface area contributed by atoms with E-state index in [4.69, 9.17) is 10.5 Å². The first-order chi connectivity index (χ1) is 9.45. The molecule has 20 heavy (non-hydrogen) atoms.